The molecule has 2 unspecified atom stereocenters. The van der Waals surface area contributed by atoms with Gasteiger partial charge in [0.25, 0.3) is 0 Å². The minimum atomic E-state index is 0.158. The number of likely N-dealkylation sites (tertiary alicyclic amines) is 1. The van der Waals surface area contributed by atoms with Gasteiger partial charge in [-0.3, -0.25) is 4.90 Å². The third-order valence-electron chi connectivity index (χ3n) is 6.15. The summed E-state index contributed by atoms with van der Waals surface area (Å²) in [5.41, 5.74) is 2.93. The molecule has 2 aliphatic heterocycles. The van der Waals surface area contributed by atoms with E-state index in [4.69, 9.17) is 4.74 Å². The average molecular weight is 347 g/mol. The lowest BCUT2D eigenvalue weighted by Gasteiger charge is -2.41. The Bertz CT molecular complexity index is 539. The van der Waals surface area contributed by atoms with Crippen LogP contribution in [0, 0.1) is 5.41 Å². The van der Waals surface area contributed by atoms with E-state index in [1.165, 1.54) is 11.3 Å². The molecule has 2 atom stereocenters. The molecule has 1 N–H and O–H groups in total. The Labute approximate surface area is 152 Å². The quantitative estimate of drug-likeness (QED) is 0.887. The number of aliphatic hydroxyl groups is 1. The van der Waals surface area contributed by atoms with Crippen molar-refractivity contribution < 1.29 is 9.84 Å². The summed E-state index contributed by atoms with van der Waals surface area (Å²) in [5, 5.41) is 9.74. The van der Waals surface area contributed by atoms with Crippen LogP contribution in [-0.2, 0) is 11.3 Å². The number of morpholine rings is 1. The number of piperidine rings is 1. The Hall–Kier alpha value is -1.10. The molecule has 0 aromatic heterocycles. The molecule has 0 saturated carbocycles. The Kier molecular flexibility index (Phi) is 6.03. The normalized spacial score (nSPS) is 27.4. The highest BCUT2D eigenvalue weighted by atomic mass is 16.5. The van der Waals surface area contributed by atoms with Gasteiger partial charge in [0.2, 0.25) is 0 Å². The second-order valence-corrected chi connectivity index (χ2v) is 8.08. The molecular weight excluding hydrogens is 312 g/mol. The summed E-state index contributed by atoms with van der Waals surface area (Å²) in [5.74, 6) is 0. The van der Waals surface area contributed by atoms with Crippen molar-refractivity contribution in [2.75, 3.05) is 37.7 Å². The molecule has 2 heterocycles. The second kappa shape index (κ2) is 8.07. The molecule has 0 aliphatic carbocycles. The minimum Gasteiger partial charge on any atom is -0.396 e. The van der Waals surface area contributed by atoms with E-state index in [-0.39, 0.29) is 17.6 Å². The second-order valence-electron chi connectivity index (χ2n) is 8.08. The molecule has 0 amide bonds. The third kappa shape index (κ3) is 4.36. The molecule has 4 nitrogen and oxygen atoms in total. The van der Waals surface area contributed by atoms with E-state index in [0.29, 0.717) is 6.61 Å². The summed E-state index contributed by atoms with van der Waals surface area (Å²) in [7, 11) is 0. The molecule has 2 aliphatic rings. The fourth-order valence-electron chi connectivity index (χ4n) is 4.38. The van der Waals surface area contributed by atoms with Crippen LogP contribution < -0.4 is 4.90 Å². The Balaban J connectivity index is 1.68. The van der Waals surface area contributed by atoms with E-state index in [9.17, 15) is 5.11 Å². The van der Waals surface area contributed by atoms with Crippen molar-refractivity contribution in [3.8, 4) is 0 Å². The van der Waals surface area contributed by atoms with Crippen LogP contribution in [0.15, 0.2) is 24.3 Å². The lowest BCUT2D eigenvalue weighted by atomic mass is 9.77. The molecule has 2 saturated heterocycles. The Morgan fingerprint density at radius 3 is 2.36 bits per heavy atom. The zero-order valence-electron chi connectivity index (χ0n) is 16.1. The molecule has 1 aromatic rings. The molecule has 3 rings (SSSR count). The third-order valence-corrected chi connectivity index (χ3v) is 6.15. The topological polar surface area (TPSA) is 35.9 Å². The lowest BCUT2D eigenvalue weighted by Crippen LogP contribution is -2.46. The monoisotopic (exact) mass is 346 g/mol. The molecular formula is C21H34N2O2. The maximum Gasteiger partial charge on any atom is 0.0726 e. The highest BCUT2D eigenvalue weighted by Gasteiger charge is 2.32. The number of para-hydroxylation sites is 1. The summed E-state index contributed by atoms with van der Waals surface area (Å²) >= 11 is 0. The smallest absolute Gasteiger partial charge is 0.0726 e. The molecule has 0 bridgehead atoms. The summed E-state index contributed by atoms with van der Waals surface area (Å²) in [6.45, 7) is 12.0. The van der Waals surface area contributed by atoms with Crippen LogP contribution in [0.3, 0.4) is 0 Å². The number of ether oxygens (including phenoxy) is 1. The van der Waals surface area contributed by atoms with E-state index in [1.54, 1.807) is 0 Å². The molecule has 4 heteroatoms. The van der Waals surface area contributed by atoms with Gasteiger partial charge in [-0.15, -0.1) is 0 Å². The predicted octanol–water partition coefficient (Wildman–Crippen LogP) is 3.28. The van der Waals surface area contributed by atoms with Crippen LogP contribution in [0.2, 0.25) is 0 Å². The van der Waals surface area contributed by atoms with Crippen molar-refractivity contribution in [2.24, 2.45) is 5.41 Å². The number of hydrogen-bond donors (Lipinski definition) is 1. The van der Waals surface area contributed by atoms with Crippen LogP contribution in [0.1, 0.15) is 45.6 Å². The maximum absolute atomic E-state index is 9.74. The van der Waals surface area contributed by atoms with Crippen molar-refractivity contribution >= 4 is 5.69 Å². The van der Waals surface area contributed by atoms with Gasteiger partial charge in [-0.25, -0.2) is 0 Å². The van der Waals surface area contributed by atoms with E-state index >= 15 is 0 Å². The summed E-state index contributed by atoms with van der Waals surface area (Å²) in [4.78, 5) is 5.04. The van der Waals surface area contributed by atoms with Crippen molar-refractivity contribution in [3.63, 3.8) is 0 Å². The fraction of sp³-hybridized carbons (Fsp3) is 0.714. The molecule has 0 spiro atoms. The number of hydrogen-bond acceptors (Lipinski definition) is 4. The first-order valence-electron chi connectivity index (χ1n) is 9.87. The number of benzene rings is 1. The molecule has 2 fully saturated rings. The standard InChI is InChI=1S/C21H34N2O2/c1-4-21(16-24)9-11-22(12-10-21)15-19-7-5-6-8-20(19)23-13-17(2)25-18(3)14-23/h5-8,17-18,24H,4,9-16H2,1-3H3. The van der Waals surface area contributed by atoms with E-state index in [0.717, 1.165) is 52.0 Å². The Morgan fingerprint density at radius 2 is 1.76 bits per heavy atom. The van der Waals surface area contributed by atoms with Gasteiger partial charge in [-0.2, -0.15) is 0 Å². The zero-order chi connectivity index (χ0) is 17.9. The number of nitrogens with zero attached hydrogens (tertiary/aromatic N) is 2. The van der Waals surface area contributed by atoms with Crippen LogP contribution in [0.4, 0.5) is 5.69 Å². The number of aliphatic hydroxyl groups excluding tert-OH is 1. The van der Waals surface area contributed by atoms with Crippen LogP contribution >= 0.6 is 0 Å². The van der Waals surface area contributed by atoms with Gasteiger partial charge in [0.1, 0.15) is 0 Å². The van der Waals surface area contributed by atoms with Gasteiger partial charge < -0.3 is 14.7 Å². The molecule has 0 radical (unpaired) electrons. The maximum atomic E-state index is 9.74. The Morgan fingerprint density at radius 1 is 1.12 bits per heavy atom. The van der Waals surface area contributed by atoms with Gasteiger partial charge in [0.05, 0.1) is 12.2 Å². The average Bonchev–Trinajstić information content (AvgIpc) is 2.62. The van der Waals surface area contributed by atoms with Gasteiger partial charge in [0.15, 0.2) is 0 Å². The first-order chi connectivity index (χ1) is 12.0. The SMILES string of the molecule is CCC1(CO)CCN(Cc2ccccc2N2CC(C)OC(C)C2)CC1. The van der Waals surface area contributed by atoms with E-state index in [1.807, 2.05) is 0 Å². The summed E-state index contributed by atoms with van der Waals surface area (Å²) < 4.78 is 5.90. The summed E-state index contributed by atoms with van der Waals surface area (Å²) in [6.07, 6.45) is 3.85. The number of rotatable bonds is 5. The van der Waals surface area contributed by atoms with Gasteiger partial charge in [-0.05, 0) is 63.2 Å². The molecule has 140 valence electrons. The molecule has 1 aromatic carbocycles. The van der Waals surface area contributed by atoms with Gasteiger partial charge in [-0.1, -0.05) is 25.1 Å². The predicted molar refractivity (Wildman–Crippen MR) is 103 cm³/mol. The largest absolute Gasteiger partial charge is 0.396 e. The highest BCUT2D eigenvalue weighted by Crippen LogP contribution is 2.35. The van der Waals surface area contributed by atoms with Crippen LogP contribution in [0.25, 0.3) is 0 Å². The zero-order valence-corrected chi connectivity index (χ0v) is 16.1. The number of anilines is 1. The van der Waals surface area contributed by atoms with Crippen LogP contribution in [0.5, 0.6) is 0 Å². The van der Waals surface area contributed by atoms with Crippen molar-refractivity contribution in [3.05, 3.63) is 29.8 Å². The lowest BCUT2D eigenvalue weighted by molar-refractivity contribution is -0.00534. The van der Waals surface area contributed by atoms with Crippen molar-refractivity contribution in [1.29, 1.82) is 0 Å². The summed E-state index contributed by atoms with van der Waals surface area (Å²) in [6, 6.07) is 8.83. The van der Waals surface area contributed by atoms with E-state index < -0.39 is 0 Å². The minimum absolute atomic E-state index is 0.158. The van der Waals surface area contributed by atoms with Gasteiger partial charge in [0, 0.05) is 31.9 Å². The van der Waals surface area contributed by atoms with Crippen molar-refractivity contribution in [2.45, 2.75) is 58.8 Å². The first-order valence-corrected chi connectivity index (χ1v) is 9.87. The van der Waals surface area contributed by atoms with Gasteiger partial charge >= 0.3 is 0 Å². The fourth-order valence-corrected chi connectivity index (χ4v) is 4.38. The van der Waals surface area contributed by atoms with Crippen LogP contribution in [-0.4, -0.2) is 55.0 Å². The van der Waals surface area contributed by atoms with Crippen molar-refractivity contribution in [1.82, 2.24) is 4.90 Å². The highest BCUT2D eigenvalue weighted by molar-refractivity contribution is 5.54. The first kappa shape index (κ1) is 18.7. The van der Waals surface area contributed by atoms with E-state index in [2.05, 4.69) is 54.8 Å². The molecule has 25 heavy (non-hydrogen) atoms.